The second kappa shape index (κ2) is 2.88. The van der Waals surface area contributed by atoms with Crippen LogP contribution in [0.2, 0.25) is 6.82 Å². The molecule has 1 unspecified atom stereocenters. The molecule has 11 heavy (non-hydrogen) atoms. The molecule has 1 atom stereocenters. The van der Waals surface area contributed by atoms with Crippen molar-refractivity contribution in [1.29, 1.82) is 0 Å². The van der Waals surface area contributed by atoms with Crippen LogP contribution in [-0.2, 0) is 0 Å². The molecule has 0 bridgehead atoms. The van der Waals surface area contributed by atoms with E-state index in [1.807, 2.05) is 0 Å². The van der Waals surface area contributed by atoms with Crippen LogP contribution in [0.4, 0.5) is 0 Å². The quantitative estimate of drug-likeness (QED) is 0.524. The molecular weight excluding hydrogens is 131 g/mol. The molecule has 0 heterocycles. The third-order valence-corrected chi connectivity index (χ3v) is 2.74. The molecule has 0 aromatic carbocycles. The van der Waals surface area contributed by atoms with Gasteiger partial charge in [-0.1, -0.05) is 25.1 Å². The largest absolute Gasteiger partial charge is 0.142 e. The summed E-state index contributed by atoms with van der Waals surface area (Å²) in [7, 11) is 2.24. The summed E-state index contributed by atoms with van der Waals surface area (Å²) in [4.78, 5) is 0. The Morgan fingerprint density at radius 2 is 2.27 bits per heavy atom. The van der Waals surface area contributed by atoms with E-state index < -0.39 is 0 Å². The number of hydrogen-bond acceptors (Lipinski definition) is 0. The van der Waals surface area contributed by atoms with Gasteiger partial charge >= 0.3 is 0 Å². The van der Waals surface area contributed by atoms with Crippen molar-refractivity contribution in [1.82, 2.24) is 0 Å². The van der Waals surface area contributed by atoms with E-state index >= 15 is 0 Å². The maximum Gasteiger partial charge on any atom is 0.142 e. The molecule has 1 fully saturated rings. The molecule has 0 aromatic rings. The van der Waals surface area contributed by atoms with Crippen molar-refractivity contribution in [2.45, 2.75) is 26.1 Å². The van der Waals surface area contributed by atoms with Crippen LogP contribution < -0.4 is 0 Å². The van der Waals surface area contributed by atoms with Gasteiger partial charge < -0.3 is 0 Å². The van der Waals surface area contributed by atoms with E-state index in [9.17, 15) is 0 Å². The highest BCUT2D eigenvalue weighted by molar-refractivity contribution is 6.43. The van der Waals surface area contributed by atoms with E-state index in [0.717, 1.165) is 11.8 Å². The van der Waals surface area contributed by atoms with Gasteiger partial charge in [-0.05, 0) is 31.1 Å². The van der Waals surface area contributed by atoms with Crippen molar-refractivity contribution in [3.8, 4) is 0 Å². The summed E-state index contributed by atoms with van der Waals surface area (Å²) >= 11 is 0. The van der Waals surface area contributed by atoms with Gasteiger partial charge in [-0.2, -0.15) is 0 Å². The molecule has 1 radical (unpaired) electrons. The Bertz CT molecular complexity index is 199. The lowest BCUT2D eigenvalue weighted by molar-refractivity contribution is 0.567. The van der Waals surface area contributed by atoms with E-state index in [1.54, 1.807) is 0 Å². The van der Waals surface area contributed by atoms with Crippen LogP contribution >= 0.6 is 0 Å². The third kappa shape index (κ3) is 1.58. The monoisotopic (exact) mass is 145 g/mol. The molecule has 0 N–H and O–H groups in total. The van der Waals surface area contributed by atoms with E-state index in [1.165, 1.54) is 24.7 Å². The van der Waals surface area contributed by atoms with Crippen LogP contribution in [0.3, 0.4) is 0 Å². The van der Waals surface area contributed by atoms with Gasteiger partial charge in [0.2, 0.25) is 0 Å². The normalized spacial score (nSPS) is 29.9. The standard InChI is InChI=1S/C10H14B/c1-11-10-4-2-3-9(7-10)8-5-6-8/h2-4,8-9H,5-7H2,1H3. The van der Waals surface area contributed by atoms with E-state index in [2.05, 4.69) is 32.3 Å². The lowest BCUT2D eigenvalue weighted by atomic mass is 9.67. The molecule has 0 aliphatic heterocycles. The predicted molar refractivity (Wildman–Crippen MR) is 49.7 cm³/mol. The fraction of sp³-hybridized carbons (Fsp3) is 0.600. The van der Waals surface area contributed by atoms with Crippen molar-refractivity contribution in [2.75, 3.05) is 0 Å². The maximum absolute atomic E-state index is 2.38. The Kier molecular flexibility index (Phi) is 1.89. The Morgan fingerprint density at radius 3 is 2.91 bits per heavy atom. The molecule has 2 aliphatic carbocycles. The first-order valence-electron chi connectivity index (χ1n) is 4.57. The Hall–Kier alpha value is -0.455. The van der Waals surface area contributed by atoms with Crippen molar-refractivity contribution < 1.29 is 0 Å². The van der Waals surface area contributed by atoms with Gasteiger partial charge in [0.25, 0.3) is 0 Å². The van der Waals surface area contributed by atoms with Crippen LogP contribution in [-0.4, -0.2) is 7.28 Å². The van der Waals surface area contributed by atoms with Gasteiger partial charge in [0.1, 0.15) is 7.28 Å². The van der Waals surface area contributed by atoms with Gasteiger partial charge in [-0.15, -0.1) is 5.47 Å². The molecule has 2 aliphatic rings. The molecular formula is C10H14B. The molecule has 0 amide bonds. The lowest BCUT2D eigenvalue weighted by Gasteiger charge is -2.16. The SMILES string of the molecule is C[B]C1=CC=CC(C2CC2)C1. The minimum atomic E-state index is 0.867. The van der Waals surface area contributed by atoms with Gasteiger partial charge in [-0.3, -0.25) is 0 Å². The summed E-state index contributed by atoms with van der Waals surface area (Å²) in [6.07, 6.45) is 11.1. The first-order chi connectivity index (χ1) is 5.40. The number of allylic oxidation sites excluding steroid dienone is 4. The van der Waals surface area contributed by atoms with Crippen LogP contribution in [0.25, 0.3) is 0 Å². The van der Waals surface area contributed by atoms with Gasteiger partial charge in [0.05, 0.1) is 0 Å². The van der Waals surface area contributed by atoms with Gasteiger partial charge in [-0.25, -0.2) is 0 Å². The summed E-state index contributed by atoms with van der Waals surface area (Å²) in [6, 6.07) is 0. The van der Waals surface area contributed by atoms with Crippen molar-refractivity contribution in [3.05, 3.63) is 23.7 Å². The average Bonchev–Trinajstić information content (AvgIpc) is 2.87. The first-order valence-corrected chi connectivity index (χ1v) is 4.57. The highest BCUT2D eigenvalue weighted by Crippen LogP contribution is 2.41. The summed E-state index contributed by atoms with van der Waals surface area (Å²) in [5.74, 6) is 1.89. The van der Waals surface area contributed by atoms with Gasteiger partial charge in [0, 0.05) is 0 Å². The second-order valence-electron chi connectivity index (χ2n) is 3.62. The predicted octanol–water partition coefficient (Wildman–Crippen LogP) is 2.61. The van der Waals surface area contributed by atoms with Crippen LogP contribution in [0.1, 0.15) is 19.3 Å². The molecule has 1 heteroatoms. The molecule has 0 nitrogen and oxygen atoms in total. The highest BCUT2D eigenvalue weighted by atomic mass is 14.3. The topological polar surface area (TPSA) is 0 Å². The van der Waals surface area contributed by atoms with Crippen LogP contribution in [0.5, 0.6) is 0 Å². The molecule has 0 spiro atoms. The van der Waals surface area contributed by atoms with E-state index in [-0.39, 0.29) is 0 Å². The van der Waals surface area contributed by atoms with Crippen LogP contribution in [0.15, 0.2) is 23.7 Å². The zero-order valence-electron chi connectivity index (χ0n) is 7.09. The average molecular weight is 145 g/mol. The molecule has 2 rings (SSSR count). The minimum Gasteiger partial charge on any atom is -0.109 e. The Morgan fingerprint density at radius 1 is 1.45 bits per heavy atom. The fourth-order valence-electron chi connectivity index (χ4n) is 1.79. The van der Waals surface area contributed by atoms with E-state index in [4.69, 9.17) is 0 Å². The second-order valence-corrected chi connectivity index (χ2v) is 3.62. The maximum atomic E-state index is 2.38. The third-order valence-electron chi connectivity index (χ3n) is 2.74. The summed E-state index contributed by atoms with van der Waals surface area (Å²) in [5.41, 5.74) is 1.52. The number of hydrogen-bond donors (Lipinski definition) is 0. The first kappa shape index (κ1) is 7.21. The fourth-order valence-corrected chi connectivity index (χ4v) is 1.79. The Labute approximate surface area is 69.6 Å². The highest BCUT2D eigenvalue weighted by Gasteiger charge is 2.30. The Balaban J connectivity index is 1.98. The van der Waals surface area contributed by atoms with Crippen molar-refractivity contribution >= 4 is 7.28 Å². The van der Waals surface area contributed by atoms with E-state index in [0.29, 0.717) is 0 Å². The summed E-state index contributed by atoms with van der Waals surface area (Å²) < 4.78 is 0. The zero-order valence-corrected chi connectivity index (χ0v) is 7.09. The molecule has 1 saturated carbocycles. The number of rotatable bonds is 2. The summed E-state index contributed by atoms with van der Waals surface area (Å²) in [6.45, 7) is 2.13. The summed E-state index contributed by atoms with van der Waals surface area (Å²) in [5, 5.41) is 0. The van der Waals surface area contributed by atoms with Gasteiger partial charge in [0.15, 0.2) is 0 Å². The molecule has 57 valence electrons. The van der Waals surface area contributed by atoms with Crippen molar-refractivity contribution in [3.63, 3.8) is 0 Å². The molecule has 0 saturated heterocycles. The minimum absolute atomic E-state index is 0.867. The van der Waals surface area contributed by atoms with Crippen molar-refractivity contribution in [2.24, 2.45) is 11.8 Å². The zero-order chi connectivity index (χ0) is 7.68. The smallest absolute Gasteiger partial charge is 0.109 e. The van der Waals surface area contributed by atoms with Crippen LogP contribution in [0, 0.1) is 11.8 Å². The lowest BCUT2D eigenvalue weighted by Crippen LogP contribution is -2.06. The molecule has 0 aromatic heterocycles.